The predicted octanol–water partition coefficient (Wildman–Crippen LogP) is 1.30. The number of anilines is 1. The fourth-order valence-electron chi connectivity index (χ4n) is 1.64. The van der Waals surface area contributed by atoms with Crippen LogP contribution in [0.5, 0.6) is 0 Å². The smallest absolute Gasteiger partial charge is 0.293 e. The summed E-state index contributed by atoms with van der Waals surface area (Å²) in [6, 6.07) is 6.37. The van der Waals surface area contributed by atoms with Crippen LogP contribution in [-0.2, 0) is 13.6 Å². The number of hydrogen-bond acceptors (Lipinski definition) is 5. The lowest BCUT2D eigenvalue weighted by Crippen LogP contribution is -2.21. The Morgan fingerprint density at radius 2 is 2.16 bits per heavy atom. The number of nitrogens with zero attached hydrogens (tertiary/aromatic N) is 3. The third-order valence-electron chi connectivity index (χ3n) is 2.65. The first kappa shape index (κ1) is 12.7. The molecule has 0 aliphatic carbocycles. The van der Waals surface area contributed by atoms with Crippen LogP contribution in [0.2, 0.25) is 0 Å². The molecule has 7 nitrogen and oxygen atoms in total. The maximum atomic E-state index is 11.7. The summed E-state index contributed by atoms with van der Waals surface area (Å²) in [5.74, 6) is 0.170. The highest BCUT2D eigenvalue weighted by Crippen LogP contribution is 2.17. The average molecular weight is 260 g/mol. The van der Waals surface area contributed by atoms with Gasteiger partial charge in [-0.15, -0.1) is 0 Å². The van der Waals surface area contributed by atoms with Gasteiger partial charge in [-0.25, -0.2) is 4.98 Å². The van der Waals surface area contributed by atoms with E-state index in [2.05, 4.69) is 10.3 Å². The molecular weight excluding hydrogens is 248 g/mol. The zero-order chi connectivity index (χ0) is 13.8. The molecule has 0 bridgehead atoms. The van der Waals surface area contributed by atoms with E-state index >= 15 is 0 Å². The van der Waals surface area contributed by atoms with Crippen molar-refractivity contribution >= 4 is 11.5 Å². The molecule has 1 aromatic carbocycles. The number of para-hydroxylation sites is 1. The van der Waals surface area contributed by atoms with Crippen molar-refractivity contribution < 1.29 is 4.92 Å². The summed E-state index contributed by atoms with van der Waals surface area (Å²) in [6.07, 6.45) is 3.03. The number of nitro benzene ring substituents is 1. The van der Waals surface area contributed by atoms with Crippen molar-refractivity contribution in [1.82, 2.24) is 9.55 Å². The highest BCUT2D eigenvalue weighted by molar-refractivity contribution is 5.43. The largest absolute Gasteiger partial charge is 0.361 e. The monoisotopic (exact) mass is 260 g/mol. The molecular formula is C12H12N4O3. The summed E-state index contributed by atoms with van der Waals surface area (Å²) >= 11 is 0. The fraction of sp³-hybridized carbons (Fsp3) is 0.167. The number of nitro groups is 1. The molecule has 1 N–H and O–H groups in total. The minimum absolute atomic E-state index is 0.0164. The average Bonchev–Trinajstić information content (AvgIpc) is 2.40. The van der Waals surface area contributed by atoms with Crippen molar-refractivity contribution in [1.29, 1.82) is 0 Å². The third kappa shape index (κ3) is 2.76. The first-order valence-corrected chi connectivity index (χ1v) is 5.57. The molecule has 0 radical (unpaired) electrons. The molecule has 7 heteroatoms. The van der Waals surface area contributed by atoms with Gasteiger partial charge in [-0.2, -0.15) is 0 Å². The van der Waals surface area contributed by atoms with Gasteiger partial charge >= 0.3 is 0 Å². The molecule has 1 heterocycles. The van der Waals surface area contributed by atoms with Gasteiger partial charge in [0.15, 0.2) is 5.82 Å². The van der Waals surface area contributed by atoms with E-state index in [0.717, 1.165) is 0 Å². The Kier molecular flexibility index (Phi) is 3.56. The van der Waals surface area contributed by atoms with E-state index in [9.17, 15) is 14.9 Å². The van der Waals surface area contributed by atoms with Crippen molar-refractivity contribution in [3.05, 3.63) is 62.7 Å². The second-order valence-corrected chi connectivity index (χ2v) is 3.93. The first-order chi connectivity index (χ1) is 9.09. The van der Waals surface area contributed by atoms with Crippen LogP contribution >= 0.6 is 0 Å². The molecule has 0 saturated carbocycles. The molecule has 0 amide bonds. The second-order valence-electron chi connectivity index (χ2n) is 3.93. The summed E-state index contributed by atoms with van der Waals surface area (Å²) in [5.41, 5.74) is 0.240. The molecule has 1 aromatic heterocycles. The molecule has 2 rings (SSSR count). The maximum Gasteiger partial charge on any atom is 0.293 e. The number of aromatic nitrogens is 2. The van der Waals surface area contributed by atoms with E-state index in [-0.39, 0.29) is 23.6 Å². The Morgan fingerprint density at radius 3 is 2.89 bits per heavy atom. The van der Waals surface area contributed by atoms with Gasteiger partial charge in [0, 0.05) is 37.6 Å². The van der Waals surface area contributed by atoms with Crippen molar-refractivity contribution in [2.45, 2.75) is 6.54 Å². The Hall–Kier alpha value is -2.70. The van der Waals surface area contributed by atoms with E-state index in [1.54, 1.807) is 31.4 Å². The fourth-order valence-corrected chi connectivity index (χ4v) is 1.64. The quantitative estimate of drug-likeness (QED) is 0.661. The summed E-state index contributed by atoms with van der Waals surface area (Å²) < 4.78 is 1.38. The SMILES string of the molecule is Cn1ccnc(NCc2ccccc2[N+](=O)[O-])c1=O. The topological polar surface area (TPSA) is 90.1 Å². The van der Waals surface area contributed by atoms with Crippen molar-refractivity contribution in [3.63, 3.8) is 0 Å². The van der Waals surface area contributed by atoms with Gasteiger partial charge in [0.05, 0.1) is 4.92 Å². The van der Waals surface area contributed by atoms with Crippen LogP contribution in [0.4, 0.5) is 11.5 Å². The van der Waals surface area contributed by atoms with E-state index in [1.807, 2.05) is 0 Å². The van der Waals surface area contributed by atoms with E-state index in [4.69, 9.17) is 0 Å². The lowest BCUT2D eigenvalue weighted by atomic mass is 10.2. The summed E-state index contributed by atoms with van der Waals surface area (Å²) in [5, 5.41) is 13.7. The molecule has 0 aliphatic rings. The normalized spacial score (nSPS) is 10.2. The van der Waals surface area contributed by atoms with Crippen LogP contribution in [0.1, 0.15) is 5.56 Å². The molecule has 0 spiro atoms. The predicted molar refractivity (Wildman–Crippen MR) is 69.9 cm³/mol. The molecule has 19 heavy (non-hydrogen) atoms. The van der Waals surface area contributed by atoms with Crippen LogP contribution in [0.15, 0.2) is 41.5 Å². The maximum absolute atomic E-state index is 11.7. The lowest BCUT2D eigenvalue weighted by molar-refractivity contribution is -0.385. The van der Waals surface area contributed by atoms with E-state index in [1.165, 1.54) is 16.8 Å². The van der Waals surface area contributed by atoms with Crippen LogP contribution in [0.3, 0.4) is 0 Å². The highest BCUT2D eigenvalue weighted by Gasteiger charge is 2.12. The molecule has 0 aliphatic heterocycles. The Labute approximate surface area is 108 Å². The third-order valence-corrected chi connectivity index (χ3v) is 2.65. The zero-order valence-corrected chi connectivity index (χ0v) is 10.2. The summed E-state index contributed by atoms with van der Waals surface area (Å²) in [7, 11) is 1.61. The molecule has 0 saturated heterocycles. The number of nitrogens with one attached hydrogen (secondary N) is 1. The Bertz CT molecular complexity index is 666. The standard InChI is InChI=1S/C12H12N4O3/c1-15-7-6-13-11(12(15)17)14-8-9-4-2-3-5-10(9)16(18)19/h2-7H,8H2,1H3,(H,13,14). The van der Waals surface area contributed by atoms with Gasteiger partial charge in [-0.1, -0.05) is 18.2 Å². The molecule has 2 aromatic rings. The number of aryl methyl sites for hydroxylation is 1. The molecule has 98 valence electrons. The second kappa shape index (κ2) is 5.30. The van der Waals surface area contributed by atoms with Gasteiger partial charge in [0.1, 0.15) is 0 Å². The van der Waals surface area contributed by atoms with Crippen LogP contribution < -0.4 is 10.9 Å². The van der Waals surface area contributed by atoms with Crippen molar-refractivity contribution in [2.24, 2.45) is 7.05 Å². The minimum Gasteiger partial charge on any atom is -0.361 e. The lowest BCUT2D eigenvalue weighted by Gasteiger charge is -2.06. The van der Waals surface area contributed by atoms with Crippen molar-refractivity contribution in [3.8, 4) is 0 Å². The summed E-state index contributed by atoms with van der Waals surface area (Å²) in [4.78, 5) is 26.0. The molecule has 0 unspecified atom stereocenters. The minimum atomic E-state index is -0.451. The van der Waals surface area contributed by atoms with Crippen LogP contribution in [0, 0.1) is 10.1 Å². The number of rotatable bonds is 4. The van der Waals surface area contributed by atoms with Gasteiger partial charge in [0.2, 0.25) is 0 Å². The number of benzene rings is 1. The van der Waals surface area contributed by atoms with Crippen molar-refractivity contribution in [2.75, 3.05) is 5.32 Å². The van der Waals surface area contributed by atoms with E-state index in [0.29, 0.717) is 5.56 Å². The number of hydrogen-bond donors (Lipinski definition) is 1. The highest BCUT2D eigenvalue weighted by atomic mass is 16.6. The summed E-state index contributed by atoms with van der Waals surface area (Å²) in [6.45, 7) is 0.170. The van der Waals surface area contributed by atoms with E-state index < -0.39 is 4.92 Å². The first-order valence-electron chi connectivity index (χ1n) is 5.57. The van der Waals surface area contributed by atoms with Gasteiger partial charge < -0.3 is 9.88 Å². The van der Waals surface area contributed by atoms with Gasteiger partial charge in [-0.05, 0) is 0 Å². The molecule has 0 fully saturated rings. The Morgan fingerprint density at radius 1 is 1.42 bits per heavy atom. The van der Waals surface area contributed by atoms with Gasteiger partial charge in [-0.3, -0.25) is 14.9 Å². The zero-order valence-electron chi connectivity index (χ0n) is 10.2. The molecule has 0 atom stereocenters. The Balaban J connectivity index is 2.22. The van der Waals surface area contributed by atoms with Crippen LogP contribution in [-0.4, -0.2) is 14.5 Å². The van der Waals surface area contributed by atoms with Crippen LogP contribution in [0.25, 0.3) is 0 Å². The van der Waals surface area contributed by atoms with Gasteiger partial charge in [0.25, 0.3) is 11.2 Å².